The zero-order valence-electron chi connectivity index (χ0n) is 11.2. The molecule has 0 spiro atoms. The molecule has 1 amide bonds. The van der Waals surface area contributed by atoms with Crippen LogP contribution in [0.25, 0.3) is 0 Å². The maximum absolute atomic E-state index is 13.5. The minimum absolute atomic E-state index is 0.138. The van der Waals surface area contributed by atoms with Gasteiger partial charge in [0.2, 0.25) is 0 Å². The number of rotatable bonds is 3. The fourth-order valence-corrected chi connectivity index (χ4v) is 2.41. The van der Waals surface area contributed by atoms with Crippen molar-refractivity contribution in [3.05, 3.63) is 35.1 Å². The summed E-state index contributed by atoms with van der Waals surface area (Å²) in [6, 6.07) is 1.00. The molecule has 6 heteroatoms. The molecule has 1 aromatic carbocycles. The molecule has 1 aliphatic heterocycles. The molecule has 1 heterocycles. The Morgan fingerprint density at radius 3 is 2.55 bits per heavy atom. The van der Waals surface area contributed by atoms with Crippen molar-refractivity contribution in [1.29, 1.82) is 0 Å². The van der Waals surface area contributed by atoms with Crippen molar-refractivity contribution in [3.8, 4) is 0 Å². The first-order valence-electron chi connectivity index (χ1n) is 6.55. The molecule has 1 fully saturated rings. The molecular weight excluding hydrogens is 269 g/mol. The molecule has 1 unspecified atom stereocenters. The van der Waals surface area contributed by atoms with Crippen LogP contribution in [0.3, 0.4) is 0 Å². The first-order chi connectivity index (χ1) is 9.41. The lowest BCUT2D eigenvalue weighted by atomic mass is 9.83. The summed E-state index contributed by atoms with van der Waals surface area (Å²) < 4.78 is 39.7. The molecule has 20 heavy (non-hydrogen) atoms. The van der Waals surface area contributed by atoms with E-state index in [1.807, 2.05) is 6.92 Å². The summed E-state index contributed by atoms with van der Waals surface area (Å²) in [4.78, 5) is 11.8. The van der Waals surface area contributed by atoms with E-state index in [1.54, 1.807) is 0 Å². The lowest BCUT2D eigenvalue weighted by Gasteiger charge is -2.34. The molecule has 0 saturated carbocycles. The van der Waals surface area contributed by atoms with Gasteiger partial charge in [0.15, 0.2) is 0 Å². The molecule has 2 rings (SSSR count). The number of hydrogen-bond acceptors (Lipinski definition) is 2. The smallest absolute Gasteiger partial charge is 0.257 e. The highest BCUT2D eigenvalue weighted by molar-refractivity contribution is 5.94. The maximum atomic E-state index is 13.5. The molecule has 110 valence electrons. The summed E-state index contributed by atoms with van der Waals surface area (Å²) in [5.41, 5.74) is -0.875. The fraction of sp³-hybridized carbons (Fsp3) is 0.500. The van der Waals surface area contributed by atoms with E-state index in [0.717, 1.165) is 25.9 Å². The third-order valence-electron chi connectivity index (χ3n) is 3.60. The van der Waals surface area contributed by atoms with Gasteiger partial charge in [-0.05, 0) is 24.8 Å². The topological polar surface area (TPSA) is 41.1 Å². The van der Waals surface area contributed by atoms with Crippen molar-refractivity contribution in [1.82, 2.24) is 10.6 Å². The molecule has 3 nitrogen and oxygen atoms in total. The van der Waals surface area contributed by atoms with Gasteiger partial charge in [-0.1, -0.05) is 6.92 Å². The van der Waals surface area contributed by atoms with Crippen LogP contribution in [0.15, 0.2) is 12.1 Å². The molecule has 1 saturated heterocycles. The third kappa shape index (κ3) is 3.30. The maximum Gasteiger partial charge on any atom is 0.257 e. The Bertz CT molecular complexity index is 490. The minimum atomic E-state index is -1.19. The number of nitrogens with one attached hydrogen (secondary N) is 2. The molecule has 0 aliphatic carbocycles. The average Bonchev–Trinajstić information content (AvgIpc) is 2.36. The van der Waals surface area contributed by atoms with E-state index in [-0.39, 0.29) is 5.41 Å². The van der Waals surface area contributed by atoms with Crippen molar-refractivity contribution in [2.75, 3.05) is 19.6 Å². The normalized spacial score (nSPS) is 22.6. The minimum Gasteiger partial charge on any atom is -0.351 e. The second-order valence-corrected chi connectivity index (χ2v) is 5.52. The van der Waals surface area contributed by atoms with Gasteiger partial charge in [-0.15, -0.1) is 0 Å². The van der Waals surface area contributed by atoms with Gasteiger partial charge in [0, 0.05) is 25.2 Å². The first-order valence-corrected chi connectivity index (χ1v) is 6.55. The molecular formula is C14H17F3N2O. The predicted octanol–water partition coefficient (Wildman–Crippen LogP) is 2.22. The average molecular weight is 286 g/mol. The van der Waals surface area contributed by atoms with Crippen molar-refractivity contribution in [3.63, 3.8) is 0 Å². The van der Waals surface area contributed by atoms with Crippen LogP contribution in [-0.2, 0) is 0 Å². The highest BCUT2D eigenvalue weighted by atomic mass is 19.1. The summed E-state index contributed by atoms with van der Waals surface area (Å²) >= 11 is 0. The quantitative estimate of drug-likeness (QED) is 0.894. The van der Waals surface area contributed by atoms with Crippen molar-refractivity contribution in [2.45, 2.75) is 19.8 Å². The van der Waals surface area contributed by atoms with Gasteiger partial charge in [0.05, 0.1) is 0 Å². The van der Waals surface area contributed by atoms with Gasteiger partial charge in [0.25, 0.3) is 5.91 Å². The highest BCUT2D eigenvalue weighted by Crippen LogP contribution is 2.24. The van der Waals surface area contributed by atoms with Crippen molar-refractivity contribution >= 4 is 5.91 Å². The summed E-state index contributed by atoms with van der Waals surface area (Å²) in [5, 5.41) is 5.75. The van der Waals surface area contributed by atoms with Gasteiger partial charge < -0.3 is 10.6 Å². The Morgan fingerprint density at radius 2 is 2.00 bits per heavy atom. The first kappa shape index (κ1) is 14.8. The third-order valence-corrected chi connectivity index (χ3v) is 3.60. The predicted molar refractivity (Wildman–Crippen MR) is 68.9 cm³/mol. The zero-order chi connectivity index (χ0) is 14.8. The van der Waals surface area contributed by atoms with Crippen LogP contribution < -0.4 is 10.6 Å². The Labute approximate surface area is 115 Å². The van der Waals surface area contributed by atoms with E-state index in [1.165, 1.54) is 0 Å². The van der Waals surface area contributed by atoms with Crippen LogP contribution in [0.4, 0.5) is 13.2 Å². The Morgan fingerprint density at radius 1 is 1.35 bits per heavy atom. The molecule has 0 radical (unpaired) electrons. The van der Waals surface area contributed by atoms with Gasteiger partial charge in [0.1, 0.15) is 23.0 Å². The number of hydrogen-bond donors (Lipinski definition) is 2. The van der Waals surface area contributed by atoms with E-state index in [4.69, 9.17) is 0 Å². The number of halogens is 3. The summed E-state index contributed by atoms with van der Waals surface area (Å²) in [7, 11) is 0. The van der Waals surface area contributed by atoms with E-state index in [2.05, 4.69) is 10.6 Å². The Hall–Kier alpha value is -1.56. The molecule has 0 aromatic heterocycles. The van der Waals surface area contributed by atoms with Crippen LogP contribution in [0.2, 0.25) is 0 Å². The molecule has 1 aromatic rings. The number of carbonyl (C=O) groups is 1. The fourth-order valence-electron chi connectivity index (χ4n) is 2.41. The number of carbonyl (C=O) groups excluding carboxylic acids is 1. The summed E-state index contributed by atoms with van der Waals surface area (Å²) in [5.74, 6) is -4.27. The number of benzene rings is 1. The van der Waals surface area contributed by atoms with E-state index < -0.39 is 28.9 Å². The van der Waals surface area contributed by atoms with Gasteiger partial charge in [-0.3, -0.25) is 4.79 Å². The van der Waals surface area contributed by atoms with Crippen LogP contribution in [0.5, 0.6) is 0 Å². The zero-order valence-corrected chi connectivity index (χ0v) is 11.2. The lowest BCUT2D eigenvalue weighted by molar-refractivity contribution is 0.0916. The van der Waals surface area contributed by atoms with Gasteiger partial charge in [-0.25, -0.2) is 13.2 Å². The molecule has 2 N–H and O–H groups in total. The van der Waals surface area contributed by atoms with Crippen LogP contribution >= 0.6 is 0 Å². The largest absolute Gasteiger partial charge is 0.351 e. The van der Waals surface area contributed by atoms with E-state index >= 15 is 0 Å². The monoisotopic (exact) mass is 286 g/mol. The highest BCUT2D eigenvalue weighted by Gasteiger charge is 2.28. The van der Waals surface area contributed by atoms with E-state index in [0.29, 0.717) is 18.7 Å². The lowest BCUT2D eigenvalue weighted by Crippen LogP contribution is -2.45. The summed E-state index contributed by atoms with van der Waals surface area (Å²) in [6.07, 6.45) is 1.92. The van der Waals surface area contributed by atoms with Gasteiger partial charge >= 0.3 is 0 Å². The van der Waals surface area contributed by atoms with Crippen LogP contribution in [0, 0.1) is 22.9 Å². The standard InChI is InChI=1S/C14H17F3N2O/c1-14(3-2-4-18-7-14)8-19-13(20)12-10(16)5-9(15)6-11(12)17/h5-6,18H,2-4,7-8H2,1H3,(H,19,20). The molecule has 1 aliphatic rings. The second-order valence-electron chi connectivity index (χ2n) is 5.52. The second kappa shape index (κ2) is 5.83. The molecule has 1 atom stereocenters. The SMILES string of the molecule is CC1(CNC(=O)c2c(F)cc(F)cc2F)CCCNC1. The van der Waals surface area contributed by atoms with Crippen molar-refractivity contribution in [2.24, 2.45) is 5.41 Å². The number of amides is 1. The Balaban J connectivity index is 2.05. The van der Waals surface area contributed by atoms with Crippen LogP contribution in [0.1, 0.15) is 30.1 Å². The molecule has 0 bridgehead atoms. The van der Waals surface area contributed by atoms with E-state index in [9.17, 15) is 18.0 Å². The number of piperidine rings is 1. The van der Waals surface area contributed by atoms with Crippen LogP contribution in [-0.4, -0.2) is 25.5 Å². The van der Waals surface area contributed by atoms with Crippen molar-refractivity contribution < 1.29 is 18.0 Å². The van der Waals surface area contributed by atoms with Gasteiger partial charge in [-0.2, -0.15) is 0 Å². The Kier molecular flexibility index (Phi) is 4.32. The summed E-state index contributed by atoms with van der Waals surface area (Å²) in [6.45, 7) is 3.98.